The van der Waals surface area contributed by atoms with Crippen LogP contribution in [-0.2, 0) is 9.53 Å². The van der Waals surface area contributed by atoms with Gasteiger partial charge in [-0.05, 0) is 32.7 Å². The Morgan fingerprint density at radius 2 is 2.40 bits per heavy atom. The molecule has 1 unspecified atom stereocenters. The molecule has 1 saturated heterocycles. The number of rotatable bonds is 5. The van der Waals surface area contributed by atoms with Crippen LogP contribution in [-0.4, -0.2) is 41.9 Å². The predicted molar refractivity (Wildman–Crippen MR) is 75.6 cm³/mol. The summed E-state index contributed by atoms with van der Waals surface area (Å²) in [7, 11) is 0. The number of amides is 1. The van der Waals surface area contributed by atoms with E-state index in [9.17, 15) is 4.79 Å². The molecule has 1 aromatic rings. The first-order chi connectivity index (χ1) is 9.78. The average molecular weight is 278 g/mol. The van der Waals surface area contributed by atoms with E-state index in [4.69, 9.17) is 4.74 Å². The van der Waals surface area contributed by atoms with Crippen molar-refractivity contribution in [3.63, 3.8) is 0 Å². The number of aromatic nitrogens is 2. The third-order valence-electron chi connectivity index (χ3n) is 4.26. The topological polar surface area (TPSA) is 79.0 Å². The minimum Gasteiger partial charge on any atom is -0.378 e. The molecule has 1 amide bonds. The lowest BCUT2D eigenvalue weighted by atomic mass is 9.81. The van der Waals surface area contributed by atoms with Crippen molar-refractivity contribution < 1.29 is 9.53 Å². The lowest BCUT2D eigenvalue weighted by Gasteiger charge is -2.33. The molecular weight excluding hydrogens is 256 g/mol. The van der Waals surface area contributed by atoms with Gasteiger partial charge in [0, 0.05) is 25.0 Å². The number of nitrogens with one attached hydrogen (secondary N) is 3. The predicted octanol–water partition coefficient (Wildman–Crippen LogP) is 1.24. The molecule has 0 aromatic carbocycles. The van der Waals surface area contributed by atoms with E-state index in [1.165, 1.54) is 0 Å². The SMILES string of the molecule is CCOC1CC(C(=O)Nc2cn[nH]c2C2CCNC2)C1. The number of nitrogens with zero attached hydrogens (tertiary/aromatic N) is 1. The highest BCUT2D eigenvalue weighted by molar-refractivity contribution is 5.93. The van der Waals surface area contributed by atoms with Gasteiger partial charge in [0.15, 0.2) is 0 Å². The third kappa shape index (κ3) is 2.71. The molecule has 2 heterocycles. The van der Waals surface area contributed by atoms with Crippen LogP contribution in [0.4, 0.5) is 5.69 Å². The summed E-state index contributed by atoms with van der Waals surface area (Å²) < 4.78 is 5.49. The molecule has 3 rings (SSSR count). The number of H-pyrrole nitrogens is 1. The molecule has 1 aliphatic heterocycles. The minimum absolute atomic E-state index is 0.0796. The van der Waals surface area contributed by atoms with Gasteiger partial charge in [-0.15, -0.1) is 0 Å². The van der Waals surface area contributed by atoms with E-state index in [0.717, 1.165) is 50.3 Å². The average Bonchev–Trinajstić information content (AvgIpc) is 3.02. The summed E-state index contributed by atoms with van der Waals surface area (Å²) in [6, 6.07) is 0. The lowest BCUT2D eigenvalue weighted by Crippen LogP contribution is -2.39. The van der Waals surface area contributed by atoms with Crippen molar-refractivity contribution in [2.45, 2.75) is 38.2 Å². The minimum atomic E-state index is 0.0796. The summed E-state index contributed by atoms with van der Waals surface area (Å²) >= 11 is 0. The Morgan fingerprint density at radius 1 is 1.55 bits per heavy atom. The molecular formula is C14H22N4O2. The van der Waals surface area contributed by atoms with Gasteiger partial charge in [-0.3, -0.25) is 9.89 Å². The summed E-state index contributed by atoms with van der Waals surface area (Å²) in [5.41, 5.74) is 1.88. The van der Waals surface area contributed by atoms with Crippen molar-refractivity contribution in [3.8, 4) is 0 Å². The summed E-state index contributed by atoms with van der Waals surface area (Å²) in [5, 5.41) is 13.4. The number of hydrogen-bond donors (Lipinski definition) is 3. The fourth-order valence-electron chi connectivity index (χ4n) is 2.99. The second-order valence-corrected chi connectivity index (χ2v) is 5.62. The Labute approximate surface area is 118 Å². The number of aromatic amines is 1. The smallest absolute Gasteiger partial charge is 0.227 e. The van der Waals surface area contributed by atoms with Gasteiger partial charge in [0.05, 0.1) is 23.7 Å². The molecule has 6 nitrogen and oxygen atoms in total. The Hall–Kier alpha value is -1.40. The molecule has 2 fully saturated rings. The second-order valence-electron chi connectivity index (χ2n) is 5.62. The maximum atomic E-state index is 12.2. The zero-order valence-electron chi connectivity index (χ0n) is 11.8. The lowest BCUT2D eigenvalue weighted by molar-refractivity contribution is -0.128. The first-order valence-electron chi connectivity index (χ1n) is 7.44. The standard InChI is InChI=1S/C14H22N4O2/c1-2-20-11-5-10(6-11)14(19)17-12-8-16-18-13(12)9-3-4-15-7-9/h8-11,15H,2-7H2,1H3,(H,16,18)(H,17,19). The zero-order valence-corrected chi connectivity index (χ0v) is 11.8. The van der Waals surface area contributed by atoms with Crippen LogP contribution in [0.3, 0.4) is 0 Å². The van der Waals surface area contributed by atoms with Crippen LogP contribution in [0.5, 0.6) is 0 Å². The van der Waals surface area contributed by atoms with Crippen molar-refractivity contribution in [2.24, 2.45) is 5.92 Å². The van der Waals surface area contributed by atoms with Crippen LogP contribution < -0.4 is 10.6 Å². The number of anilines is 1. The van der Waals surface area contributed by atoms with Gasteiger partial charge in [-0.25, -0.2) is 0 Å². The quantitative estimate of drug-likeness (QED) is 0.757. The zero-order chi connectivity index (χ0) is 13.9. The second kappa shape index (κ2) is 5.93. The van der Waals surface area contributed by atoms with Crippen molar-refractivity contribution in [1.29, 1.82) is 0 Å². The van der Waals surface area contributed by atoms with Gasteiger partial charge in [0.1, 0.15) is 0 Å². The molecule has 1 saturated carbocycles. The van der Waals surface area contributed by atoms with Crippen molar-refractivity contribution >= 4 is 11.6 Å². The summed E-state index contributed by atoms with van der Waals surface area (Å²) in [6.45, 7) is 4.68. The largest absolute Gasteiger partial charge is 0.378 e. The number of hydrogen-bond acceptors (Lipinski definition) is 4. The molecule has 3 N–H and O–H groups in total. The highest BCUT2D eigenvalue weighted by Crippen LogP contribution is 2.32. The van der Waals surface area contributed by atoms with E-state index in [1.54, 1.807) is 6.20 Å². The highest BCUT2D eigenvalue weighted by Gasteiger charge is 2.35. The molecule has 1 aromatic heterocycles. The highest BCUT2D eigenvalue weighted by atomic mass is 16.5. The van der Waals surface area contributed by atoms with Crippen LogP contribution in [0.15, 0.2) is 6.20 Å². The van der Waals surface area contributed by atoms with Crippen LogP contribution in [0, 0.1) is 5.92 Å². The van der Waals surface area contributed by atoms with Crippen LogP contribution in [0.2, 0.25) is 0 Å². The fraction of sp³-hybridized carbons (Fsp3) is 0.714. The van der Waals surface area contributed by atoms with E-state index >= 15 is 0 Å². The molecule has 0 spiro atoms. The van der Waals surface area contributed by atoms with Crippen LogP contribution in [0.1, 0.15) is 37.8 Å². The van der Waals surface area contributed by atoms with Gasteiger partial charge >= 0.3 is 0 Å². The maximum absolute atomic E-state index is 12.2. The van der Waals surface area contributed by atoms with E-state index in [1.807, 2.05) is 6.92 Å². The molecule has 110 valence electrons. The molecule has 0 bridgehead atoms. The van der Waals surface area contributed by atoms with Crippen LogP contribution in [0.25, 0.3) is 0 Å². The Bertz CT molecular complexity index is 461. The van der Waals surface area contributed by atoms with Gasteiger partial charge in [-0.2, -0.15) is 5.10 Å². The number of carbonyl (C=O) groups excluding carboxylic acids is 1. The molecule has 1 atom stereocenters. The van der Waals surface area contributed by atoms with Crippen molar-refractivity contribution in [2.75, 3.05) is 25.0 Å². The Morgan fingerprint density at radius 3 is 3.10 bits per heavy atom. The summed E-state index contributed by atoms with van der Waals surface area (Å²) in [5.74, 6) is 0.593. The van der Waals surface area contributed by atoms with Gasteiger partial charge in [0.2, 0.25) is 5.91 Å². The molecule has 20 heavy (non-hydrogen) atoms. The van der Waals surface area contributed by atoms with E-state index in [2.05, 4.69) is 20.8 Å². The molecule has 1 aliphatic carbocycles. The summed E-state index contributed by atoms with van der Waals surface area (Å²) in [4.78, 5) is 12.2. The van der Waals surface area contributed by atoms with Crippen molar-refractivity contribution in [3.05, 3.63) is 11.9 Å². The number of ether oxygens (including phenoxy) is 1. The van der Waals surface area contributed by atoms with Crippen molar-refractivity contribution in [1.82, 2.24) is 15.5 Å². The third-order valence-corrected chi connectivity index (χ3v) is 4.26. The molecule has 0 radical (unpaired) electrons. The Kier molecular flexibility index (Phi) is 4.03. The summed E-state index contributed by atoms with van der Waals surface area (Å²) in [6.07, 6.45) is 4.72. The molecule has 2 aliphatic rings. The number of carbonyl (C=O) groups is 1. The Balaban J connectivity index is 1.56. The van der Waals surface area contributed by atoms with Crippen LogP contribution >= 0.6 is 0 Å². The normalized spacial score (nSPS) is 29.1. The van der Waals surface area contributed by atoms with E-state index < -0.39 is 0 Å². The van der Waals surface area contributed by atoms with Gasteiger partial charge in [0.25, 0.3) is 0 Å². The van der Waals surface area contributed by atoms with E-state index in [-0.39, 0.29) is 17.9 Å². The fourth-order valence-corrected chi connectivity index (χ4v) is 2.99. The van der Waals surface area contributed by atoms with E-state index in [0.29, 0.717) is 5.92 Å². The van der Waals surface area contributed by atoms with Gasteiger partial charge < -0.3 is 15.4 Å². The first-order valence-corrected chi connectivity index (χ1v) is 7.44. The van der Waals surface area contributed by atoms with Gasteiger partial charge in [-0.1, -0.05) is 0 Å². The molecule has 6 heteroatoms. The maximum Gasteiger partial charge on any atom is 0.227 e. The first kappa shape index (κ1) is 13.6. The monoisotopic (exact) mass is 278 g/mol.